The van der Waals surface area contributed by atoms with Gasteiger partial charge in [-0.15, -0.1) is 0 Å². The maximum Gasteiger partial charge on any atom is 0.270 e. The molecular formula is C25H26N4O3. The lowest BCUT2D eigenvalue weighted by molar-refractivity contribution is -0.124. The van der Waals surface area contributed by atoms with Crippen molar-refractivity contribution >= 4 is 33.6 Å². The number of aromatic nitrogens is 2. The Balaban J connectivity index is 1.47. The zero-order chi connectivity index (χ0) is 22.7. The van der Waals surface area contributed by atoms with Crippen molar-refractivity contribution < 1.29 is 14.3 Å². The van der Waals surface area contributed by atoms with E-state index in [1.807, 2.05) is 62.4 Å². The number of rotatable bonds is 7. The van der Waals surface area contributed by atoms with E-state index in [2.05, 4.69) is 20.6 Å². The Morgan fingerprint density at radius 2 is 1.78 bits per heavy atom. The molecule has 4 rings (SSSR count). The summed E-state index contributed by atoms with van der Waals surface area (Å²) in [5.41, 5.74) is 3.07. The summed E-state index contributed by atoms with van der Waals surface area (Å²) in [7, 11) is 1.61. The number of benzene rings is 2. The van der Waals surface area contributed by atoms with Crippen molar-refractivity contribution in [2.45, 2.75) is 26.4 Å². The first kappa shape index (κ1) is 21.4. The van der Waals surface area contributed by atoms with Crippen LogP contribution in [-0.4, -0.2) is 34.9 Å². The standard InChI is InChI=1S/C25H26N4O3/c1-15(2)23(25(31)27-13-16-8-10-17(32-3)11-9-16)29-24(30)21-12-19-18-6-4-5-7-20(18)28-22(19)14-26-21/h4-12,14-15,23,28H,13H2,1-3H3,(H,27,31)(H,29,30). The van der Waals surface area contributed by atoms with Gasteiger partial charge in [-0.2, -0.15) is 0 Å². The van der Waals surface area contributed by atoms with Gasteiger partial charge in [0.05, 0.1) is 18.8 Å². The molecule has 32 heavy (non-hydrogen) atoms. The van der Waals surface area contributed by atoms with E-state index in [0.717, 1.165) is 33.1 Å². The van der Waals surface area contributed by atoms with E-state index in [4.69, 9.17) is 4.74 Å². The van der Waals surface area contributed by atoms with E-state index in [9.17, 15) is 9.59 Å². The van der Waals surface area contributed by atoms with Crippen molar-refractivity contribution in [3.05, 3.63) is 72.1 Å². The van der Waals surface area contributed by atoms with Crippen LogP contribution in [-0.2, 0) is 11.3 Å². The molecule has 0 fully saturated rings. The van der Waals surface area contributed by atoms with Gasteiger partial charge in [0.1, 0.15) is 17.5 Å². The van der Waals surface area contributed by atoms with Crippen LogP contribution in [0.15, 0.2) is 60.8 Å². The van der Waals surface area contributed by atoms with Crippen LogP contribution in [0.1, 0.15) is 29.9 Å². The number of nitrogens with one attached hydrogen (secondary N) is 3. The summed E-state index contributed by atoms with van der Waals surface area (Å²) >= 11 is 0. The second-order valence-corrected chi connectivity index (χ2v) is 8.05. The molecule has 164 valence electrons. The summed E-state index contributed by atoms with van der Waals surface area (Å²) < 4.78 is 5.15. The Bertz CT molecular complexity index is 1260. The topological polar surface area (TPSA) is 96.1 Å². The Morgan fingerprint density at radius 3 is 2.50 bits per heavy atom. The summed E-state index contributed by atoms with van der Waals surface area (Å²) in [5, 5.41) is 7.70. The quantitative estimate of drug-likeness (QED) is 0.416. The van der Waals surface area contributed by atoms with Crippen LogP contribution in [0.25, 0.3) is 21.8 Å². The lowest BCUT2D eigenvalue weighted by atomic mass is 10.0. The first-order valence-corrected chi connectivity index (χ1v) is 10.5. The number of aromatic amines is 1. The number of methoxy groups -OCH3 is 1. The largest absolute Gasteiger partial charge is 0.497 e. The lowest BCUT2D eigenvalue weighted by Gasteiger charge is -2.21. The third kappa shape index (κ3) is 4.42. The van der Waals surface area contributed by atoms with Crippen LogP contribution in [0.5, 0.6) is 5.75 Å². The molecule has 4 aromatic rings. The molecular weight excluding hydrogens is 404 g/mol. The number of carbonyl (C=O) groups is 2. The summed E-state index contributed by atoms with van der Waals surface area (Å²) in [6, 6.07) is 16.4. The molecule has 0 spiro atoms. The lowest BCUT2D eigenvalue weighted by Crippen LogP contribution is -2.49. The number of carbonyl (C=O) groups excluding carboxylic acids is 2. The Labute approximate surface area is 186 Å². The van der Waals surface area contributed by atoms with Gasteiger partial charge < -0.3 is 20.4 Å². The fourth-order valence-electron chi connectivity index (χ4n) is 3.67. The Morgan fingerprint density at radius 1 is 1.03 bits per heavy atom. The van der Waals surface area contributed by atoms with Gasteiger partial charge in [0.2, 0.25) is 5.91 Å². The average Bonchev–Trinajstić information content (AvgIpc) is 3.19. The molecule has 0 bridgehead atoms. The zero-order valence-electron chi connectivity index (χ0n) is 18.3. The van der Waals surface area contributed by atoms with Gasteiger partial charge in [0, 0.05) is 22.8 Å². The first-order valence-electron chi connectivity index (χ1n) is 10.5. The summed E-state index contributed by atoms with van der Waals surface area (Å²) in [6.07, 6.45) is 1.65. The molecule has 0 saturated heterocycles. The molecule has 2 heterocycles. The van der Waals surface area contributed by atoms with Gasteiger partial charge in [-0.05, 0) is 35.7 Å². The van der Waals surface area contributed by atoms with Crippen molar-refractivity contribution in [2.24, 2.45) is 5.92 Å². The number of hydrogen-bond donors (Lipinski definition) is 3. The molecule has 3 N–H and O–H groups in total. The van der Waals surface area contributed by atoms with E-state index >= 15 is 0 Å². The minimum Gasteiger partial charge on any atom is -0.497 e. The van der Waals surface area contributed by atoms with Gasteiger partial charge in [-0.3, -0.25) is 9.59 Å². The van der Waals surface area contributed by atoms with Crippen molar-refractivity contribution in [3.8, 4) is 5.75 Å². The third-order valence-electron chi connectivity index (χ3n) is 5.48. The van der Waals surface area contributed by atoms with E-state index in [1.165, 1.54) is 0 Å². The van der Waals surface area contributed by atoms with Crippen LogP contribution in [0, 0.1) is 5.92 Å². The molecule has 1 unspecified atom stereocenters. The van der Waals surface area contributed by atoms with Crippen LogP contribution in [0.3, 0.4) is 0 Å². The number of para-hydroxylation sites is 1. The third-order valence-corrected chi connectivity index (χ3v) is 5.48. The van der Waals surface area contributed by atoms with E-state index in [1.54, 1.807) is 19.4 Å². The summed E-state index contributed by atoms with van der Waals surface area (Å²) in [5.74, 6) is 0.0477. The van der Waals surface area contributed by atoms with Gasteiger partial charge in [-0.1, -0.05) is 44.2 Å². The monoisotopic (exact) mass is 430 g/mol. The first-order chi connectivity index (χ1) is 15.5. The zero-order valence-corrected chi connectivity index (χ0v) is 18.3. The average molecular weight is 431 g/mol. The normalized spacial score (nSPS) is 12.1. The van der Waals surface area contributed by atoms with E-state index in [0.29, 0.717) is 6.54 Å². The molecule has 2 aromatic heterocycles. The molecule has 2 amide bonds. The molecule has 0 saturated carbocycles. The number of nitrogens with zero attached hydrogens (tertiary/aromatic N) is 1. The second-order valence-electron chi connectivity index (χ2n) is 8.05. The van der Waals surface area contributed by atoms with Crippen molar-refractivity contribution in [1.29, 1.82) is 0 Å². The SMILES string of the molecule is COc1ccc(CNC(=O)C(NC(=O)c2cc3c(cn2)[nH]c2ccccc23)C(C)C)cc1. The number of fused-ring (bicyclic) bond motifs is 3. The van der Waals surface area contributed by atoms with Crippen LogP contribution < -0.4 is 15.4 Å². The number of amides is 2. The van der Waals surface area contributed by atoms with Gasteiger partial charge in [-0.25, -0.2) is 4.98 Å². The minimum absolute atomic E-state index is 0.0911. The molecule has 0 aliphatic carbocycles. The molecule has 7 heteroatoms. The number of pyridine rings is 1. The highest BCUT2D eigenvalue weighted by Crippen LogP contribution is 2.25. The van der Waals surface area contributed by atoms with E-state index < -0.39 is 6.04 Å². The Hall–Kier alpha value is -3.87. The van der Waals surface area contributed by atoms with Crippen molar-refractivity contribution in [2.75, 3.05) is 7.11 Å². The second kappa shape index (κ2) is 9.09. The molecule has 0 aliphatic heterocycles. The van der Waals surface area contributed by atoms with Crippen LogP contribution in [0.4, 0.5) is 0 Å². The molecule has 2 aromatic carbocycles. The van der Waals surface area contributed by atoms with Crippen molar-refractivity contribution in [1.82, 2.24) is 20.6 Å². The van der Waals surface area contributed by atoms with Crippen LogP contribution in [0.2, 0.25) is 0 Å². The molecule has 7 nitrogen and oxygen atoms in total. The van der Waals surface area contributed by atoms with Gasteiger partial charge in [0.25, 0.3) is 5.91 Å². The fourth-order valence-corrected chi connectivity index (χ4v) is 3.67. The highest BCUT2D eigenvalue weighted by molar-refractivity contribution is 6.09. The maximum absolute atomic E-state index is 12.9. The fraction of sp³-hybridized carbons (Fsp3) is 0.240. The summed E-state index contributed by atoms with van der Waals surface area (Å²) in [6.45, 7) is 4.16. The van der Waals surface area contributed by atoms with Crippen molar-refractivity contribution in [3.63, 3.8) is 0 Å². The number of hydrogen-bond acceptors (Lipinski definition) is 4. The smallest absolute Gasteiger partial charge is 0.270 e. The maximum atomic E-state index is 12.9. The molecule has 0 radical (unpaired) electrons. The molecule has 1 atom stereocenters. The number of ether oxygens (including phenoxy) is 1. The van der Waals surface area contributed by atoms with Gasteiger partial charge in [0.15, 0.2) is 0 Å². The predicted octanol–water partition coefficient (Wildman–Crippen LogP) is 3.80. The highest BCUT2D eigenvalue weighted by atomic mass is 16.5. The minimum atomic E-state index is -0.679. The predicted molar refractivity (Wildman–Crippen MR) is 125 cm³/mol. The molecule has 0 aliphatic rings. The highest BCUT2D eigenvalue weighted by Gasteiger charge is 2.25. The van der Waals surface area contributed by atoms with Crippen LogP contribution >= 0.6 is 0 Å². The summed E-state index contributed by atoms with van der Waals surface area (Å²) in [4.78, 5) is 33.3. The van der Waals surface area contributed by atoms with E-state index in [-0.39, 0.29) is 23.4 Å². The van der Waals surface area contributed by atoms with Gasteiger partial charge >= 0.3 is 0 Å². The Kier molecular flexibility index (Phi) is 6.07. The number of H-pyrrole nitrogens is 1.